The SMILES string of the molecule is Cn1cc(CCNCc2n[nH]nc2-c2ccccc2)cn1. The van der Waals surface area contributed by atoms with E-state index in [1.54, 1.807) is 0 Å². The number of aromatic amines is 1. The molecule has 0 unspecified atom stereocenters. The summed E-state index contributed by atoms with van der Waals surface area (Å²) in [5, 5.41) is 18.7. The molecule has 6 heteroatoms. The maximum Gasteiger partial charge on any atom is 0.117 e. The van der Waals surface area contributed by atoms with Gasteiger partial charge in [-0.3, -0.25) is 4.68 Å². The molecule has 0 aliphatic carbocycles. The standard InChI is InChI=1S/C15H18N6/c1-21-11-12(9-17-21)7-8-16-10-14-15(19-20-18-14)13-5-3-2-4-6-13/h2-6,9,11,16H,7-8,10H2,1H3,(H,18,19,20). The van der Waals surface area contributed by atoms with E-state index in [9.17, 15) is 0 Å². The molecule has 0 aliphatic rings. The molecular formula is C15H18N6. The van der Waals surface area contributed by atoms with E-state index in [4.69, 9.17) is 0 Å². The van der Waals surface area contributed by atoms with Crippen molar-refractivity contribution in [3.8, 4) is 11.3 Å². The Morgan fingerprint density at radius 2 is 2.05 bits per heavy atom. The molecule has 1 aromatic carbocycles. The lowest BCUT2D eigenvalue weighted by Gasteiger charge is -2.03. The van der Waals surface area contributed by atoms with Crippen molar-refractivity contribution in [3.63, 3.8) is 0 Å². The summed E-state index contributed by atoms with van der Waals surface area (Å²) in [4.78, 5) is 0. The minimum absolute atomic E-state index is 0.695. The molecule has 21 heavy (non-hydrogen) atoms. The Hall–Kier alpha value is -2.47. The molecule has 0 spiro atoms. The summed E-state index contributed by atoms with van der Waals surface area (Å²) < 4.78 is 1.82. The van der Waals surface area contributed by atoms with Crippen molar-refractivity contribution in [2.45, 2.75) is 13.0 Å². The maximum atomic E-state index is 4.24. The van der Waals surface area contributed by atoms with Gasteiger partial charge in [-0.25, -0.2) is 0 Å². The van der Waals surface area contributed by atoms with Crippen LogP contribution in [-0.4, -0.2) is 31.7 Å². The molecule has 3 rings (SSSR count). The Labute approximate surface area is 123 Å². The minimum atomic E-state index is 0.695. The quantitative estimate of drug-likeness (QED) is 0.673. The largest absolute Gasteiger partial charge is 0.311 e. The van der Waals surface area contributed by atoms with E-state index in [2.05, 4.69) is 25.8 Å². The van der Waals surface area contributed by atoms with Gasteiger partial charge in [-0.2, -0.15) is 20.5 Å². The van der Waals surface area contributed by atoms with Gasteiger partial charge >= 0.3 is 0 Å². The summed E-state index contributed by atoms with van der Waals surface area (Å²) in [6.07, 6.45) is 4.88. The third-order valence-electron chi connectivity index (χ3n) is 3.31. The van der Waals surface area contributed by atoms with Crippen LogP contribution in [0, 0.1) is 0 Å². The summed E-state index contributed by atoms with van der Waals surface area (Å²) in [5.41, 5.74) is 4.15. The number of aromatic nitrogens is 5. The fourth-order valence-electron chi connectivity index (χ4n) is 2.24. The van der Waals surface area contributed by atoms with E-state index in [1.807, 2.05) is 54.5 Å². The third-order valence-corrected chi connectivity index (χ3v) is 3.31. The van der Waals surface area contributed by atoms with Crippen molar-refractivity contribution in [1.82, 2.24) is 30.5 Å². The van der Waals surface area contributed by atoms with Gasteiger partial charge in [0.05, 0.1) is 6.20 Å². The highest BCUT2D eigenvalue weighted by Crippen LogP contribution is 2.18. The lowest BCUT2D eigenvalue weighted by Crippen LogP contribution is -2.17. The zero-order chi connectivity index (χ0) is 14.5. The maximum absolute atomic E-state index is 4.24. The van der Waals surface area contributed by atoms with Crippen LogP contribution in [0.25, 0.3) is 11.3 Å². The van der Waals surface area contributed by atoms with Crippen LogP contribution in [0.5, 0.6) is 0 Å². The first-order valence-corrected chi connectivity index (χ1v) is 6.96. The molecule has 0 saturated heterocycles. The number of benzene rings is 1. The average Bonchev–Trinajstić information content (AvgIpc) is 3.13. The number of hydrogen-bond acceptors (Lipinski definition) is 4. The number of hydrogen-bond donors (Lipinski definition) is 2. The lowest BCUT2D eigenvalue weighted by atomic mass is 10.1. The lowest BCUT2D eigenvalue weighted by molar-refractivity contribution is 0.672. The number of aryl methyl sites for hydroxylation is 1. The average molecular weight is 282 g/mol. The van der Waals surface area contributed by atoms with Crippen LogP contribution in [0.3, 0.4) is 0 Å². The molecular weight excluding hydrogens is 264 g/mol. The monoisotopic (exact) mass is 282 g/mol. The van der Waals surface area contributed by atoms with Crippen LogP contribution in [0.4, 0.5) is 0 Å². The first kappa shape index (κ1) is 13.5. The molecule has 2 N–H and O–H groups in total. The number of rotatable bonds is 6. The van der Waals surface area contributed by atoms with Gasteiger partial charge < -0.3 is 5.32 Å². The predicted molar refractivity (Wildman–Crippen MR) is 80.4 cm³/mol. The summed E-state index contributed by atoms with van der Waals surface area (Å²) in [7, 11) is 1.93. The highest BCUT2D eigenvalue weighted by Gasteiger charge is 2.09. The van der Waals surface area contributed by atoms with Crippen LogP contribution in [0.1, 0.15) is 11.3 Å². The zero-order valence-corrected chi connectivity index (χ0v) is 12.0. The Balaban J connectivity index is 1.55. The molecule has 0 saturated carbocycles. The molecule has 108 valence electrons. The van der Waals surface area contributed by atoms with Crippen molar-refractivity contribution in [2.24, 2.45) is 7.05 Å². The molecule has 0 atom stereocenters. The van der Waals surface area contributed by atoms with Gasteiger partial charge in [0.2, 0.25) is 0 Å². The number of nitrogens with zero attached hydrogens (tertiary/aromatic N) is 4. The smallest absolute Gasteiger partial charge is 0.117 e. The van der Waals surface area contributed by atoms with E-state index in [0.29, 0.717) is 6.54 Å². The van der Waals surface area contributed by atoms with E-state index in [1.165, 1.54) is 5.56 Å². The van der Waals surface area contributed by atoms with Crippen molar-refractivity contribution >= 4 is 0 Å². The molecule has 3 aromatic rings. The van der Waals surface area contributed by atoms with Crippen molar-refractivity contribution in [3.05, 3.63) is 54.0 Å². The van der Waals surface area contributed by atoms with Gasteiger partial charge in [0.15, 0.2) is 0 Å². The predicted octanol–water partition coefficient (Wildman–Crippen LogP) is 1.54. The summed E-state index contributed by atoms with van der Waals surface area (Å²) >= 11 is 0. The Morgan fingerprint density at radius 3 is 2.81 bits per heavy atom. The second kappa shape index (κ2) is 6.32. The molecule has 6 nitrogen and oxygen atoms in total. The molecule has 0 radical (unpaired) electrons. The normalized spacial score (nSPS) is 10.9. The Morgan fingerprint density at radius 1 is 1.19 bits per heavy atom. The van der Waals surface area contributed by atoms with E-state index in [-0.39, 0.29) is 0 Å². The highest BCUT2D eigenvalue weighted by molar-refractivity contribution is 5.60. The van der Waals surface area contributed by atoms with Crippen LogP contribution >= 0.6 is 0 Å². The fourth-order valence-corrected chi connectivity index (χ4v) is 2.24. The second-order valence-corrected chi connectivity index (χ2v) is 4.93. The molecule has 2 heterocycles. The van der Waals surface area contributed by atoms with Gasteiger partial charge in [-0.15, -0.1) is 0 Å². The summed E-state index contributed by atoms with van der Waals surface area (Å²) in [6.45, 7) is 1.58. The molecule has 0 bridgehead atoms. The van der Waals surface area contributed by atoms with Crippen LogP contribution in [-0.2, 0) is 20.0 Å². The highest BCUT2D eigenvalue weighted by atomic mass is 15.3. The molecule has 0 amide bonds. The number of nitrogens with one attached hydrogen (secondary N) is 2. The van der Waals surface area contributed by atoms with Gasteiger partial charge in [0.1, 0.15) is 11.4 Å². The van der Waals surface area contributed by atoms with E-state index < -0.39 is 0 Å². The third kappa shape index (κ3) is 3.35. The number of H-pyrrole nitrogens is 1. The summed E-state index contributed by atoms with van der Waals surface area (Å²) in [6, 6.07) is 10.1. The zero-order valence-electron chi connectivity index (χ0n) is 12.0. The minimum Gasteiger partial charge on any atom is -0.311 e. The van der Waals surface area contributed by atoms with E-state index >= 15 is 0 Å². The fraction of sp³-hybridized carbons (Fsp3) is 0.267. The molecule has 2 aromatic heterocycles. The van der Waals surface area contributed by atoms with E-state index in [0.717, 1.165) is 29.9 Å². The van der Waals surface area contributed by atoms with Crippen molar-refractivity contribution < 1.29 is 0 Å². The van der Waals surface area contributed by atoms with Gasteiger partial charge in [0, 0.05) is 25.4 Å². The first-order valence-electron chi connectivity index (χ1n) is 6.96. The van der Waals surface area contributed by atoms with Crippen molar-refractivity contribution in [2.75, 3.05) is 6.54 Å². The van der Waals surface area contributed by atoms with Gasteiger partial charge in [-0.1, -0.05) is 30.3 Å². The Kier molecular flexibility index (Phi) is 4.07. The van der Waals surface area contributed by atoms with Gasteiger partial charge in [-0.05, 0) is 18.5 Å². The Bertz CT molecular complexity index is 685. The second-order valence-electron chi connectivity index (χ2n) is 4.93. The van der Waals surface area contributed by atoms with Gasteiger partial charge in [0.25, 0.3) is 0 Å². The first-order chi connectivity index (χ1) is 10.3. The van der Waals surface area contributed by atoms with Crippen LogP contribution in [0.2, 0.25) is 0 Å². The van der Waals surface area contributed by atoms with Crippen LogP contribution in [0.15, 0.2) is 42.7 Å². The molecule has 0 fully saturated rings. The summed E-state index contributed by atoms with van der Waals surface area (Å²) in [5.74, 6) is 0. The molecule has 0 aliphatic heterocycles. The van der Waals surface area contributed by atoms with Crippen LogP contribution < -0.4 is 5.32 Å². The van der Waals surface area contributed by atoms with Crippen molar-refractivity contribution in [1.29, 1.82) is 0 Å². The topological polar surface area (TPSA) is 71.4 Å².